The molecule has 0 aliphatic heterocycles. The lowest BCUT2D eigenvalue weighted by Gasteiger charge is -2.07. The molecule has 0 aliphatic carbocycles. The second kappa shape index (κ2) is 9.07. The third-order valence-electron chi connectivity index (χ3n) is 3.98. The van der Waals surface area contributed by atoms with Crippen LogP contribution in [-0.2, 0) is 4.79 Å². The second-order valence-corrected chi connectivity index (χ2v) is 5.98. The first kappa shape index (κ1) is 19.5. The van der Waals surface area contributed by atoms with Crippen LogP contribution in [0.25, 0.3) is 17.4 Å². The van der Waals surface area contributed by atoms with E-state index >= 15 is 0 Å². The maximum Gasteiger partial charge on any atom is 0.266 e. The van der Waals surface area contributed by atoms with Crippen molar-refractivity contribution in [3.8, 4) is 29.2 Å². The Bertz CT molecular complexity index is 1130. The van der Waals surface area contributed by atoms with Crippen LogP contribution in [0.15, 0.2) is 70.7 Å². The van der Waals surface area contributed by atoms with E-state index in [0.717, 1.165) is 5.56 Å². The van der Waals surface area contributed by atoms with E-state index in [4.69, 9.17) is 14.4 Å². The molecule has 1 aromatic heterocycles. The Hall–Kier alpha value is -4.29. The summed E-state index contributed by atoms with van der Waals surface area (Å²) < 4.78 is 11.1. The van der Waals surface area contributed by atoms with Crippen molar-refractivity contribution in [1.82, 2.24) is 0 Å². The number of nitrogens with one attached hydrogen (secondary N) is 1. The highest BCUT2D eigenvalue weighted by molar-refractivity contribution is 6.09. The van der Waals surface area contributed by atoms with Crippen LogP contribution >= 0.6 is 0 Å². The monoisotopic (exact) mass is 383 g/mol. The van der Waals surface area contributed by atoms with Gasteiger partial charge in [0.05, 0.1) is 18.2 Å². The number of ether oxygens (including phenoxy) is 1. The molecule has 6 heteroatoms. The lowest BCUT2D eigenvalue weighted by molar-refractivity contribution is -0.112. The molecule has 29 heavy (non-hydrogen) atoms. The number of benzene rings is 2. The van der Waals surface area contributed by atoms with E-state index < -0.39 is 5.91 Å². The van der Waals surface area contributed by atoms with Gasteiger partial charge in [-0.2, -0.15) is 10.5 Å². The van der Waals surface area contributed by atoms with Crippen molar-refractivity contribution in [2.45, 2.75) is 6.92 Å². The zero-order valence-electron chi connectivity index (χ0n) is 15.7. The molecule has 0 radical (unpaired) electrons. The van der Waals surface area contributed by atoms with Crippen LogP contribution in [0.4, 0.5) is 5.69 Å². The Morgan fingerprint density at radius 2 is 1.93 bits per heavy atom. The molecule has 0 unspecified atom stereocenters. The highest BCUT2D eigenvalue weighted by Crippen LogP contribution is 2.24. The zero-order chi connectivity index (χ0) is 20.6. The van der Waals surface area contributed by atoms with Crippen molar-refractivity contribution in [3.05, 3.63) is 77.6 Å². The van der Waals surface area contributed by atoms with Gasteiger partial charge in [-0.25, -0.2) is 0 Å². The molecule has 3 rings (SSSR count). The summed E-state index contributed by atoms with van der Waals surface area (Å²) in [6, 6.07) is 21.2. The smallest absolute Gasteiger partial charge is 0.266 e. The first-order chi connectivity index (χ1) is 14.1. The van der Waals surface area contributed by atoms with Gasteiger partial charge in [-0.05, 0) is 55.5 Å². The van der Waals surface area contributed by atoms with Crippen molar-refractivity contribution in [1.29, 1.82) is 10.5 Å². The lowest BCUT2D eigenvalue weighted by atomic mass is 10.1. The van der Waals surface area contributed by atoms with Crippen LogP contribution in [0.2, 0.25) is 0 Å². The minimum atomic E-state index is -0.544. The minimum Gasteiger partial charge on any atom is -0.494 e. The van der Waals surface area contributed by atoms with Gasteiger partial charge in [-0.1, -0.05) is 6.07 Å². The quantitative estimate of drug-likeness (QED) is 0.488. The summed E-state index contributed by atoms with van der Waals surface area (Å²) >= 11 is 0. The van der Waals surface area contributed by atoms with Crippen LogP contribution in [0.5, 0.6) is 5.75 Å². The third kappa shape index (κ3) is 4.91. The molecule has 0 saturated carbocycles. The number of nitriles is 2. The molecule has 2 aromatic carbocycles. The van der Waals surface area contributed by atoms with Gasteiger partial charge < -0.3 is 14.5 Å². The van der Waals surface area contributed by atoms with Gasteiger partial charge in [0.1, 0.15) is 28.9 Å². The van der Waals surface area contributed by atoms with Gasteiger partial charge in [0.15, 0.2) is 0 Å². The largest absolute Gasteiger partial charge is 0.494 e. The van der Waals surface area contributed by atoms with Crippen molar-refractivity contribution >= 4 is 17.7 Å². The predicted molar refractivity (Wildman–Crippen MR) is 109 cm³/mol. The van der Waals surface area contributed by atoms with E-state index in [1.54, 1.807) is 60.7 Å². The molecule has 0 aliphatic rings. The van der Waals surface area contributed by atoms with Crippen LogP contribution in [0, 0.1) is 22.7 Å². The van der Waals surface area contributed by atoms with Crippen molar-refractivity contribution < 1.29 is 13.9 Å². The number of anilines is 1. The first-order valence-corrected chi connectivity index (χ1v) is 8.89. The van der Waals surface area contributed by atoms with Crippen molar-refractivity contribution in [2.24, 2.45) is 0 Å². The summed E-state index contributed by atoms with van der Waals surface area (Å²) in [5.74, 6) is 1.03. The molecule has 0 spiro atoms. The molecule has 6 nitrogen and oxygen atoms in total. The number of furan rings is 1. The summed E-state index contributed by atoms with van der Waals surface area (Å²) in [6.07, 6.45) is 1.38. The molecule has 1 heterocycles. The molecular weight excluding hydrogens is 366 g/mol. The normalized spacial score (nSPS) is 10.7. The van der Waals surface area contributed by atoms with Crippen molar-refractivity contribution in [2.75, 3.05) is 11.9 Å². The second-order valence-electron chi connectivity index (χ2n) is 5.98. The van der Waals surface area contributed by atoms with Gasteiger partial charge in [-0.15, -0.1) is 0 Å². The Kier molecular flexibility index (Phi) is 6.09. The van der Waals surface area contributed by atoms with E-state index in [1.165, 1.54) is 6.08 Å². The number of amides is 1. The van der Waals surface area contributed by atoms with E-state index in [-0.39, 0.29) is 5.57 Å². The Balaban J connectivity index is 1.76. The van der Waals surface area contributed by atoms with E-state index in [9.17, 15) is 10.1 Å². The molecule has 0 bridgehead atoms. The summed E-state index contributed by atoms with van der Waals surface area (Å²) in [5.41, 5.74) is 1.78. The predicted octanol–water partition coefficient (Wildman–Crippen LogP) is 4.76. The van der Waals surface area contributed by atoms with E-state index in [2.05, 4.69) is 11.4 Å². The number of carbonyl (C=O) groups excluding carboxylic acids is 1. The number of carbonyl (C=O) groups is 1. The van der Waals surface area contributed by atoms with Gasteiger partial charge >= 0.3 is 0 Å². The van der Waals surface area contributed by atoms with Crippen molar-refractivity contribution in [3.63, 3.8) is 0 Å². The Morgan fingerprint density at radius 3 is 2.62 bits per heavy atom. The summed E-state index contributed by atoms with van der Waals surface area (Å²) in [6.45, 7) is 2.39. The first-order valence-electron chi connectivity index (χ1n) is 8.89. The highest BCUT2D eigenvalue weighted by atomic mass is 16.5. The number of hydrogen-bond acceptors (Lipinski definition) is 5. The van der Waals surface area contributed by atoms with Crippen LogP contribution in [-0.4, -0.2) is 12.5 Å². The molecule has 1 amide bonds. The molecule has 0 fully saturated rings. The van der Waals surface area contributed by atoms with E-state index in [0.29, 0.717) is 35.1 Å². The van der Waals surface area contributed by atoms with E-state index in [1.807, 2.05) is 13.0 Å². The number of hydrogen-bond donors (Lipinski definition) is 1. The van der Waals surface area contributed by atoms with Gasteiger partial charge in [0.2, 0.25) is 0 Å². The maximum absolute atomic E-state index is 12.4. The lowest BCUT2D eigenvalue weighted by Crippen LogP contribution is -2.13. The van der Waals surface area contributed by atoms with Crippen LogP contribution in [0.3, 0.4) is 0 Å². The maximum atomic E-state index is 12.4. The average Bonchev–Trinajstić information content (AvgIpc) is 3.21. The number of nitrogens with zero attached hydrogens (tertiary/aromatic N) is 2. The third-order valence-corrected chi connectivity index (χ3v) is 3.98. The topological polar surface area (TPSA) is 99.0 Å². The van der Waals surface area contributed by atoms with Gasteiger partial charge in [0.25, 0.3) is 5.91 Å². The summed E-state index contributed by atoms with van der Waals surface area (Å²) in [7, 11) is 0. The molecule has 1 N–H and O–H groups in total. The average molecular weight is 383 g/mol. The minimum absolute atomic E-state index is 0.0902. The summed E-state index contributed by atoms with van der Waals surface area (Å²) in [5, 5.41) is 20.9. The Morgan fingerprint density at radius 1 is 1.14 bits per heavy atom. The molecular formula is C23H17N3O3. The fourth-order valence-electron chi connectivity index (χ4n) is 2.61. The zero-order valence-corrected chi connectivity index (χ0v) is 15.7. The fraction of sp³-hybridized carbons (Fsp3) is 0.0870. The molecule has 3 aromatic rings. The fourth-order valence-corrected chi connectivity index (χ4v) is 2.61. The Labute approximate surface area is 168 Å². The molecule has 0 saturated heterocycles. The SMILES string of the molecule is CCOc1cccc(NC(=O)/C(C#N)=C\c2ccc(-c3ccc(C#N)cc3)o2)c1. The number of rotatable bonds is 6. The van der Waals surface area contributed by atoms with Gasteiger partial charge in [-0.3, -0.25) is 4.79 Å². The van der Waals surface area contributed by atoms with Crippen LogP contribution < -0.4 is 10.1 Å². The van der Waals surface area contributed by atoms with Gasteiger partial charge in [0, 0.05) is 23.4 Å². The molecule has 142 valence electrons. The van der Waals surface area contributed by atoms with Crippen LogP contribution in [0.1, 0.15) is 18.2 Å². The highest BCUT2D eigenvalue weighted by Gasteiger charge is 2.12. The standard InChI is InChI=1S/C23H17N3O3/c1-2-28-20-5-3-4-19(13-20)26-23(27)18(15-25)12-21-10-11-22(29-21)17-8-6-16(14-24)7-9-17/h3-13H,2H2,1H3,(H,26,27)/b18-12-. The summed E-state index contributed by atoms with van der Waals surface area (Å²) in [4.78, 5) is 12.4. The molecule has 0 atom stereocenters.